The van der Waals surface area contributed by atoms with Crippen molar-refractivity contribution in [3.63, 3.8) is 0 Å². The minimum Gasteiger partial charge on any atom is -0.374 e. The van der Waals surface area contributed by atoms with E-state index in [0.29, 0.717) is 19.1 Å². The summed E-state index contributed by atoms with van der Waals surface area (Å²) in [5, 5.41) is 0. The van der Waals surface area contributed by atoms with Gasteiger partial charge in [-0.3, -0.25) is 4.79 Å². The van der Waals surface area contributed by atoms with Crippen LogP contribution in [0.15, 0.2) is 10.6 Å². The summed E-state index contributed by atoms with van der Waals surface area (Å²) in [6.45, 7) is 5.30. The van der Waals surface area contributed by atoms with Crippen molar-refractivity contribution in [1.29, 1.82) is 0 Å². The first-order chi connectivity index (χ1) is 7.92. The third-order valence-electron chi connectivity index (χ3n) is 5.17. The number of carbonyl (C=O) groups is 1. The Labute approximate surface area is 109 Å². The molecular weight excluding hydrogens is 284 g/mol. The maximum atomic E-state index is 12.7. The van der Waals surface area contributed by atoms with Crippen LogP contribution in [0.25, 0.3) is 0 Å². The van der Waals surface area contributed by atoms with Crippen LogP contribution in [0.4, 0.5) is 0 Å². The van der Waals surface area contributed by atoms with Gasteiger partial charge in [-0.2, -0.15) is 0 Å². The number of ether oxygens (including phenoxy) is 2. The van der Waals surface area contributed by atoms with Crippen molar-refractivity contribution in [3.05, 3.63) is 10.6 Å². The smallest absolute Gasteiger partial charge is 0.180 e. The van der Waals surface area contributed by atoms with Crippen LogP contribution in [-0.2, 0) is 14.3 Å². The Morgan fingerprint density at radius 3 is 2.71 bits per heavy atom. The van der Waals surface area contributed by atoms with E-state index in [4.69, 9.17) is 9.47 Å². The molecule has 4 atom stereocenters. The number of epoxide rings is 1. The van der Waals surface area contributed by atoms with E-state index in [1.54, 1.807) is 0 Å². The van der Waals surface area contributed by atoms with Crippen LogP contribution in [0.2, 0.25) is 0 Å². The fourth-order valence-corrected chi connectivity index (χ4v) is 5.09. The minimum atomic E-state index is -0.506. The lowest BCUT2D eigenvalue weighted by Gasteiger charge is -2.49. The SMILES string of the molecule is CC1(C)OCC23C=C(Br)C(CC12)[C@]1(CO1)C3=O. The van der Waals surface area contributed by atoms with Crippen LogP contribution < -0.4 is 0 Å². The molecule has 0 aromatic heterocycles. The molecule has 2 saturated heterocycles. The lowest BCUT2D eigenvalue weighted by molar-refractivity contribution is -0.141. The molecule has 4 heteroatoms. The lowest BCUT2D eigenvalue weighted by atomic mass is 9.52. The van der Waals surface area contributed by atoms with Crippen molar-refractivity contribution in [1.82, 2.24) is 0 Å². The van der Waals surface area contributed by atoms with Gasteiger partial charge in [0.05, 0.1) is 24.2 Å². The number of ketones is 1. The second-order valence-corrected chi connectivity index (χ2v) is 7.23. The third-order valence-corrected chi connectivity index (χ3v) is 5.95. The first kappa shape index (κ1) is 10.7. The molecule has 3 aliphatic carbocycles. The monoisotopic (exact) mass is 298 g/mol. The molecule has 3 nitrogen and oxygen atoms in total. The maximum absolute atomic E-state index is 12.7. The Hall–Kier alpha value is -0.190. The predicted molar refractivity (Wildman–Crippen MR) is 64.8 cm³/mol. The number of hydrogen-bond donors (Lipinski definition) is 0. The molecule has 5 rings (SSSR count). The maximum Gasteiger partial charge on any atom is 0.180 e. The molecule has 2 bridgehead atoms. The van der Waals surface area contributed by atoms with Crippen molar-refractivity contribution in [3.8, 4) is 0 Å². The quantitative estimate of drug-likeness (QED) is 0.643. The predicted octanol–water partition coefficient (Wildman–Crippen LogP) is 2.05. The highest BCUT2D eigenvalue weighted by atomic mass is 79.9. The van der Waals surface area contributed by atoms with Gasteiger partial charge in [-0.1, -0.05) is 22.0 Å². The second-order valence-electron chi connectivity index (χ2n) is 6.31. The number of rotatable bonds is 0. The Balaban J connectivity index is 1.92. The summed E-state index contributed by atoms with van der Waals surface area (Å²) in [7, 11) is 0. The van der Waals surface area contributed by atoms with Gasteiger partial charge in [0.2, 0.25) is 0 Å². The average molecular weight is 299 g/mol. The van der Waals surface area contributed by atoms with Crippen LogP contribution in [0.5, 0.6) is 0 Å². The van der Waals surface area contributed by atoms with Gasteiger partial charge in [-0.25, -0.2) is 0 Å². The highest BCUT2D eigenvalue weighted by Crippen LogP contribution is 2.66. The molecule has 3 fully saturated rings. The van der Waals surface area contributed by atoms with E-state index in [-0.39, 0.29) is 17.3 Å². The molecule has 1 saturated carbocycles. The molecule has 0 N–H and O–H groups in total. The zero-order valence-electron chi connectivity index (χ0n) is 9.96. The van der Waals surface area contributed by atoms with E-state index < -0.39 is 11.0 Å². The topological polar surface area (TPSA) is 38.8 Å². The average Bonchev–Trinajstić information content (AvgIpc) is 2.99. The Morgan fingerprint density at radius 2 is 2.06 bits per heavy atom. The number of hydrogen-bond acceptors (Lipinski definition) is 3. The van der Waals surface area contributed by atoms with Crippen LogP contribution in [-0.4, -0.2) is 30.2 Å². The molecule has 92 valence electrons. The van der Waals surface area contributed by atoms with Crippen molar-refractivity contribution >= 4 is 21.7 Å². The van der Waals surface area contributed by atoms with Crippen LogP contribution in [0, 0.1) is 17.3 Å². The molecule has 0 radical (unpaired) electrons. The summed E-state index contributed by atoms with van der Waals surface area (Å²) >= 11 is 3.63. The fourth-order valence-electron chi connectivity index (χ4n) is 4.12. The zero-order chi connectivity index (χ0) is 12.1. The molecule has 3 unspecified atom stereocenters. The molecule has 0 amide bonds. The van der Waals surface area contributed by atoms with Gasteiger partial charge in [-0.15, -0.1) is 0 Å². The summed E-state index contributed by atoms with van der Waals surface area (Å²) in [6.07, 6.45) is 3.10. The molecule has 2 spiro atoms. The molecule has 2 aliphatic heterocycles. The number of Topliss-reactive ketones (excluding diaryl/α,β-unsaturated/α-hetero) is 1. The molecule has 5 aliphatic rings. The van der Waals surface area contributed by atoms with E-state index in [1.807, 2.05) is 0 Å². The summed E-state index contributed by atoms with van der Waals surface area (Å²) < 4.78 is 12.6. The highest BCUT2D eigenvalue weighted by molar-refractivity contribution is 9.11. The molecule has 0 aromatic carbocycles. The van der Waals surface area contributed by atoms with E-state index in [0.717, 1.165) is 10.9 Å². The van der Waals surface area contributed by atoms with Gasteiger partial charge < -0.3 is 9.47 Å². The highest BCUT2D eigenvalue weighted by Gasteiger charge is 2.75. The van der Waals surface area contributed by atoms with Gasteiger partial charge >= 0.3 is 0 Å². The number of halogens is 1. The molecule has 2 heterocycles. The summed E-state index contributed by atoms with van der Waals surface area (Å²) in [5.41, 5.74) is -1.14. The number of carbonyl (C=O) groups excluding carboxylic acids is 1. The second kappa shape index (κ2) is 2.70. The van der Waals surface area contributed by atoms with E-state index in [9.17, 15) is 4.79 Å². The van der Waals surface area contributed by atoms with Crippen LogP contribution in [0.3, 0.4) is 0 Å². The Morgan fingerprint density at radius 1 is 1.35 bits per heavy atom. The van der Waals surface area contributed by atoms with E-state index in [1.165, 1.54) is 0 Å². The van der Waals surface area contributed by atoms with E-state index in [2.05, 4.69) is 35.9 Å². The third kappa shape index (κ3) is 1.00. The van der Waals surface area contributed by atoms with Crippen molar-refractivity contribution in [2.45, 2.75) is 31.5 Å². The Bertz CT molecular complexity index is 463. The fraction of sp³-hybridized carbons (Fsp3) is 0.769. The van der Waals surface area contributed by atoms with Crippen molar-refractivity contribution < 1.29 is 14.3 Å². The first-order valence-corrected chi connectivity index (χ1v) is 6.93. The van der Waals surface area contributed by atoms with Crippen molar-refractivity contribution in [2.24, 2.45) is 17.3 Å². The standard InChI is InChI=1S/C13H15BrO3/c1-11(2)9-3-7-8(14)4-12(9,5-16-11)10(15)13(7)6-17-13/h4,7,9H,3,5-6H2,1-2H3/t7?,9?,12?,13-/m1/s1. The largest absolute Gasteiger partial charge is 0.374 e. The normalized spacial score (nSPS) is 53.8. The lowest BCUT2D eigenvalue weighted by Crippen LogP contribution is -2.59. The Kier molecular flexibility index (Phi) is 1.70. The minimum absolute atomic E-state index is 0.200. The summed E-state index contributed by atoms with van der Waals surface area (Å²) in [5.74, 6) is 0.770. The van der Waals surface area contributed by atoms with Gasteiger partial charge in [0, 0.05) is 11.8 Å². The van der Waals surface area contributed by atoms with Crippen LogP contribution >= 0.6 is 15.9 Å². The summed E-state index contributed by atoms with van der Waals surface area (Å²) in [6, 6.07) is 0. The molecule has 0 aromatic rings. The van der Waals surface area contributed by atoms with Gasteiger partial charge in [-0.05, 0) is 24.8 Å². The van der Waals surface area contributed by atoms with Gasteiger partial charge in [0.15, 0.2) is 11.4 Å². The first-order valence-electron chi connectivity index (χ1n) is 6.13. The molecular formula is C13H15BrO3. The van der Waals surface area contributed by atoms with Gasteiger partial charge in [0.1, 0.15) is 0 Å². The van der Waals surface area contributed by atoms with Gasteiger partial charge in [0.25, 0.3) is 0 Å². The zero-order valence-corrected chi connectivity index (χ0v) is 11.5. The summed E-state index contributed by atoms with van der Waals surface area (Å²) in [4.78, 5) is 12.7. The molecule has 17 heavy (non-hydrogen) atoms. The van der Waals surface area contributed by atoms with Crippen molar-refractivity contribution in [2.75, 3.05) is 13.2 Å². The van der Waals surface area contributed by atoms with E-state index >= 15 is 0 Å². The van der Waals surface area contributed by atoms with Crippen LogP contribution in [0.1, 0.15) is 20.3 Å².